The predicted molar refractivity (Wildman–Crippen MR) is 134 cm³/mol. The monoisotopic (exact) mass is 464 g/mol. The number of carbonyl (C=O) groups excluding carboxylic acids is 2. The van der Waals surface area contributed by atoms with Gasteiger partial charge in [-0.05, 0) is 24.0 Å². The highest BCUT2D eigenvalue weighted by atomic mass is 32.1. The first kappa shape index (κ1) is 24.6. The summed E-state index contributed by atoms with van der Waals surface area (Å²) in [6.07, 6.45) is 2.07. The van der Waals surface area contributed by atoms with Crippen LogP contribution in [0, 0.1) is 0 Å². The van der Waals surface area contributed by atoms with Gasteiger partial charge >= 0.3 is 0 Å². The fourth-order valence-corrected chi connectivity index (χ4v) is 4.82. The van der Waals surface area contributed by atoms with Gasteiger partial charge in [0.25, 0.3) is 0 Å². The van der Waals surface area contributed by atoms with E-state index in [1.165, 1.54) is 0 Å². The number of rotatable bonds is 11. The maximum atomic E-state index is 13.2. The molecule has 6 nitrogen and oxygen atoms in total. The van der Waals surface area contributed by atoms with E-state index in [-0.39, 0.29) is 17.9 Å². The number of hydrogen-bond donors (Lipinski definition) is 3. The fourth-order valence-electron chi connectivity index (χ4n) is 3.62. The molecule has 3 rings (SSSR count). The van der Waals surface area contributed by atoms with Crippen LogP contribution >= 0.6 is 11.3 Å². The molecule has 0 aliphatic heterocycles. The average Bonchev–Trinajstić information content (AvgIpc) is 3.27. The number of nitrogens with one attached hydrogen (secondary N) is 2. The van der Waals surface area contributed by atoms with Crippen LogP contribution in [0.15, 0.2) is 60.7 Å². The Bertz CT molecular complexity index is 1040. The number of benzene rings is 2. The highest BCUT2D eigenvalue weighted by Crippen LogP contribution is 2.31. The normalized spacial score (nSPS) is 12.7. The second-order valence-corrected chi connectivity index (χ2v) is 9.00. The Morgan fingerprint density at radius 1 is 0.970 bits per heavy atom. The van der Waals surface area contributed by atoms with Crippen LogP contribution in [0.1, 0.15) is 36.5 Å². The zero-order chi connectivity index (χ0) is 23.6. The van der Waals surface area contributed by atoms with Crippen molar-refractivity contribution in [1.29, 1.82) is 0 Å². The summed E-state index contributed by atoms with van der Waals surface area (Å²) in [6, 6.07) is 19.1. The van der Waals surface area contributed by atoms with Gasteiger partial charge in [-0.1, -0.05) is 74.5 Å². The summed E-state index contributed by atoms with van der Waals surface area (Å²) in [5.41, 5.74) is 9.16. The standard InChI is InChI=1S/C26H32N4O2S/c1-3-21-25(19-13-9-6-10-14-19)33-24(30-21)16-22(29-23(31)4-2)26(32)28-20(17-27)15-18-11-7-5-8-12-18/h5-14,20,22H,3-4,15-17,27H2,1-2H3,(H,28,32)(H,29,31)/t20-,22-/m0/s1. The van der Waals surface area contributed by atoms with Crippen molar-refractivity contribution in [3.8, 4) is 10.4 Å². The van der Waals surface area contributed by atoms with Crippen molar-refractivity contribution in [3.63, 3.8) is 0 Å². The van der Waals surface area contributed by atoms with E-state index in [0.717, 1.165) is 33.1 Å². The summed E-state index contributed by atoms with van der Waals surface area (Å²) in [5.74, 6) is -0.407. The number of aromatic nitrogens is 1. The Morgan fingerprint density at radius 3 is 2.24 bits per heavy atom. The summed E-state index contributed by atoms with van der Waals surface area (Å²) in [7, 11) is 0. The van der Waals surface area contributed by atoms with Gasteiger partial charge in [0, 0.05) is 25.4 Å². The maximum Gasteiger partial charge on any atom is 0.243 e. The van der Waals surface area contributed by atoms with Gasteiger partial charge in [-0.25, -0.2) is 4.98 Å². The number of thiazole rings is 1. The van der Waals surface area contributed by atoms with Crippen molar-refractivity contribution in [2.75, 3.05) is 6.54 Å². The van der Waals surface area contributed by atoms with Gasteiger partial charge in [-0.2, -0.15) is 0 Å². The van der Waals surface area contributed by atoms with Crippen molar-refractivity contribution < 1.29 is 9.59 Å². The van der Waals surface area contributed by atoms with Gasteiger partial charge in [-0.15, -0.1) is 11.3 Å². The van der Waals surface area contributed by atoms with Crippen molar-refractivity contribution in [2.24, 2.45) is 5.73 Å². The Kier molecular flexibility index (Phi) is 9.15. The highest BCUT2D eigenvalue weighted by Gasteiger charge is 2.25. The molecule has 0 spiro atoms. The number of nitrogens with zero attached hydrogens (tertiary/aromatic N) is 1. The van der Waals surface area contributed by atoms with E-state index >= 15 is 0 Å². The third kappa shape index (κ3) is 6.97. The molecule has 0 aliphatic rings. The fraction of sp³-hybridized carbons (Fsp3) is 0.346. The molecule has 0 aliphatic carbocycles. The Balaban J connectivity index is 1.77. The zero-order valence-electron chi connectivity index (χ0n) is 19.2. The molecule has 2 amide bonds. The molecule has 0 bridgehead atoms. The lowest BCUT2D eigenvalue weighted by Crippen LogP contribution is -2.52. The number of amides is 2. The van der Waals surface area contributed by atoms with Gasteiger partial charge in [-0.3, -0.25) is 9.59 Å². The topological polar surface area (TPSA) is 97.1 Å². The molecule has 0 unspecified atom stereocenters. The Hall–Kier alpha value is -3.03. The number of nitrogens with two attached hydrogens (primary N) is 1. The molecule has 0 radical (unpaired) electrons. The van der Waals surface area contributed by atoms with E-state index < -0.39 is 6.04 Å². The van der Waals surface area contributed by atoms with Crippen LogP contribution in [0.4, 0.5) is 0 Å². The smallest absolute Gasteiger partial charge is 0.243 e. The van der Waals surface area contributed by atoms with Gasteiger partial charge < -0.3 is 16.4 Å². The van der Waals surface area contributed by atoms with Crippen molar-refractivity contribution in [1.82, 2.24) is 15.6 Å². The average molecular weight is 465 g/mol. The first-order chi connectivity index (χ1) is 16.0. The van der Waals surface area contributed by atoms with Crippen LogP contribution in [0.2, 0.25) is 0 Å². The van der Waals surface area contributed by atoms with Crippen LogP contribution in [0.3, 0.4) is 0 Å². The zero-order valence-corrected chi connectivity index (χ0v) is 20.0. The number of carbonyl (C=O) groups is 2. The van der Waals surface area contributed by atoms with E-state index in [0.29, 0.717) is 25.8 Å². The second kappa shape index (κ2) is 12.3. The van der Waals surface area contributed by atoms with Gasteiger partial charge in [0.2, 0.25) is 11.8 Å². The molecule has 2 atom stereocenters. The Morgan fingerprint density at radius 2 is 1.64 bits per heavy atom. The molecule has 3 aromatic rings. The molecule has 2 aromatic carbocycles. The molecular formula is C26H32N4O2S. The summed E-state index contributed by atoms with van der Waals surface area (Å²) < 4.78 is 0. The van der Waals surface area contributed by atoms with Crippen LogP contribution in [0.25, 0.3) is 10.4 Å². The minimum absolute atomic E-state index is 0.168. The summed E-state index contributed by atoms with van der Waals surface area (Å²) in [6.45, 7) is 4.16. The number of hydrogen-bond acceptors (Lipinski definition) is 5. The van der Waals surface area contributed by atoms with Crippen molar-refractivity contribution in [3.05, 3.63) is 76.9 Å². The van der Waals surface area contributed by atoms with Gasteiger partial charge in [0.1, 0.15) is 6.04 Å². The number of aryl methyl sites for hydroxylation is 1. The third-order valence-corrected chi connectivity index (χ3v) is 6.59. The molecule has 0 saturated heterocycles. The van der Waals surface area contributed by atoms with Crippen LogP contribution < -0.4 is 16.4 Å². The quantitative estimate of drug-likeness (QED) is 0.405. The molecule has 33 heavy (non-hydrogen) atoms. The van der Waals surface area contributed by atoms with Crippen LogP contribution in [-0.4, -0.2) is 35.4 Å². The summed E-state index contributed by atoms with van der Waals surface area (Å²) in [5, 5.41) is 6.73. The summed E-state index contributed by atoms with van der Waals surface area (Å²) in [4.78, 5) is 31.3. The van der Waals surface area contributed by atoms with E-state index in [9.17, 15) is 9.59 Å². The van der Waals surface area contributed by atoms with E-state index in [2.05, 4.69) is 29.7 Å². The van der Waals surface area contributed by atoms with Crippen molar-refractivity contribution in [2.45, 2.75) is 51.6 Å². The molecule has 4 N–H and O–H groups in total. The van der Waals surface area contributed by atoms with E-state index in [1.54, 1.807) is 18.3 Å². The largest absolute Gasteiger partial charge is 0.350 e. The lowest BCUT2D eigenvalue weighted by molar-refractivity contribution is -0.129. The molecule has 0 fully saturated rings. The van der Waals surface area contributed by atoms with Gasteiger partial charge in [0.15, 0.2) is 0 Å². The lowest BCUT2D eigenvalue weighted by atomic mass is 10.1. The highest BCUT2D eigenvalue weighted by molar-refractivity contribution is 7.15. The molecule has 7 heteroatoms. The maximum absolute atomic E-state index is 13.2. The van der Waals surface area contributed by atoms with E-state index in [1.807, 2.05) is 48.5 Å². The van der Waals surface area contributed by atoms with Gasteiger partial charge in [0.05, 0.1) is 15.6 Å². The molecule has 174 valence electrons. The first-order valence-corrected chi connectivity index (χ1v) is 12.2. The second-order valence-electron chi connectivity index (χ2n) is 7.91. The SMILES string of the molecule is CCC(=O)N[C@@H](Cc1nc(CC)c(-c2ccccc2)s1)C(=O)N[C@H](CN)Cc1ccccc1. The minimum Gasteiger partial charge on any atom is -0.350 e. The first-order valence-electron chi connectivity index (χ1n) is 11.4. The summed E-state index contributed by atoms with van der Waals surface area (Å²) >= 11 is 1.58. The molecule has 1 heterocycles. The van der Waals surface area contributed by atoms with Crippen LogP contribution in [-0.2, 0) is 28.9 Å². The minimum atomic E-state index is -0.707. The molecule has 1 aromatic heterocycles. The van der Waals surface area contributed by atoms with E-state index in [4.69, 9.17) is 10.7 Å². The lowest BCUT2D eigenvalue weighted by Gasteiger charge is -2.22. The van der Waals surface area contributed by atoms with Crippen LogP contribution in [0.5, 0.6) is 0 Å². The predicted octanol–water partition coefficient (Wildman–Crippen LogP) is 3.50. The molecule has 0 saturated carbocycles. The third-order valence-electron chi connectivity index (χ3n) is 5.42. The Labute approximate surface area is 199 Å². The van der Waals surface area contributed by atoms with Crippen molar-refractivity contribution >= 4 is 23.2 Å². The molecular weight excluding hydrogens is 432 g/mol.